The SMILES string of the molecule is C=C(C)c1ccc(C(C)(C)C(C)(COc2ccccc2C(=C)C)NC(=O)O)cc1. The highest BCUT2D eigenvalue weighted by Crippen LogP contribution is 2.37. The summed E-state index contributed by atoms with van der Waals surface area (Å²) in [6, 6.07) is 15.7. The molecule has 1 amide bonds. The topological polar surface area (TPSA) is 58.6 Å². The summed E-state index contributed by atoms with van der Waals surface area (Å²) in [5.41, 5.74) is 3.43. The molecule has 2 N–H and O–H groups in total. The fraction of sp³-hybridized carbons (Fsp3) is 0.320. The largest absolute Gasteiger partial charge is 0.490 e. The number of hydrogen-bond donors (Lipinski definition) is 2. The summed E-state index contributed by atoms with van der Waals surface area (Å²) in [5.74, 6) is 0.687. The molecule has 0 spiro atoms. The van der Waals surface area contributed by atoms with Gasteiger partial charge in [-0.25, -0.2) is 4.79 Å². The van der Waals surface area contributed by atoms with E-state index < -0.39 is 17.0 Å². The van der Waals surface area contributed by atoms with Crippen LogP contribution >= 0.6 is 0 Å². The van der Waals surface area contributed by atoms with Crippen LogP contribution in [-0.2, 0) is 5.41 Å². The third-order valence-electron chi connectivity index (χ3n) is 5.72. The number of ether oxygens (including phenoxy) is 1. The summed E-state index contributed by atoms with van der Waals surface area (Å²) < 4.78 is 6.13. The predicted octanol–water partition coefficient (Wildman–Crippen LogP) is 6.14. The Kier molecular flexibility index (Phi) is 6.58. The van der Waals surface area contributed by atoms with Gasteiger partial charge in [-0.3, -0.25) is 0 Å². The van der Waals surface area contributed by atoms with Crippen LogP contribution in [0.1, 0.15) is 51.3 Å². The van der Waals surface area contributed by atoms with E-state index in [2.05, 4.69) is 18.5 Å². The highest BCUT2D eigenvalue weighted by atomic mass is 16.5. The molecule has 2 rings (SSSR count). The third kappa shape index (κ3) is 4.89. The fourth-order valence-corrected chi connectivity index (χ4v) is 3.27. The molecule has 0 radical (unpaired) electrons. The maximum Gasteiger partial charge on any atom is 0.405 e. The number of hydrogen-bond acceptors (Lipinski definition) is 2. The van der Waals surface area contributed by atoms with Crippen LogP contribution in [0.3, 0.4) is 0 Å². The molecule has 29 heavy (non-hydrogen) atoms. The van der Waals surface area contributed by atoms with Crippen LogP contribution in [-0.4, -0.2) is 23.3 Å². The van der Waals surface area contributed by atoms with Gasteiger partial charge in [0.05, 0.1) is 5.54 Å². The fourth-order valence-electron chi connectivity index (χ4n) is 3.27. The Morgan fingerprint density at radius 2 is 1.59 bits per heavy atom. The second-order valence-electron chi connectivity index (χ2n) is 8.31. The lowest BCUT2D eigenvalue weighted by Crippen LogP contribution is -2.61. The van der Waals surface area contributed by atoms with E-state index in [1.165, 1.54) is 0 Å². The second-order valence-corrected chi connectivity index (χ2v) is 8.31. The van der Waals surface area contributed by atoms with Crippen molar-refractivity contribution in [3.05, 3.63) is 78.4 Å². The average molecular weight is 394 g/mol. The number of rotatable bonds is 8. The third-order valence-corrected chi connectivity index (χ3v) is 5.72. The zero-order valence-corrected chi connectivity index (χ0v) is 18.0. The summed E-state index contributed by atoms with van der Waals surface area (Å²) in [6.45, 7) is 17.9. The molecule has 0 aliphatic carbocycles. The van der Waals surface area contributed by atoms with Gasteiger partial charge in [0.2, 0.25) is 0 Å². The molecule has 0 aliphatic rings. The average Bonchev–Trinajstić information content (AvgIpc) is 2.66. The monoisotopic (exact) mass is 393 g/mol. The van der Waals surface area contributed by atoms with Gasteiger partial charge in [0.25, 0.3) is 0 Å². The van der Waals surface area contributed by atoms with Gasteiger partial charge in [0.15, 0.2) is 0 Å². The molecule has 0 fully saturated rings. The zero-order chi connectivity index (χ0) is 21.8. The van der Waals surface area contributed by atoms with Gasteiger partial charge in [-0.1, -0.05) is 75.0 Å². The van der Waals surface area contributed by atoms with Crippen LogP contribution < -0.4 is 10.1 Å². The summed E-state index contributed by atoms with van der Waals surface area (Å²) >= 11 is 0. The van der Waals surface area contributed by atoms with Gasteiger partial charge in [-0.05, 0) is 43.5 Å². The Bertz CT molecular complexity index is 912. The van der Waals surface area contributed by atoms with E-state index in [9.17, 15) is 9.90 Å². The van der Waals surface area contributed by atoms with Crippen LogP contribution in [0.2, 0.25) is 0 Å². The molecule has 0 saturated heterocycles. The van der Waals surface area contributed by atoms with Crippen molar-refractivity contribution in [2.45, 2.75) is 45.6 Å². The van der Waals surface area contributed by atoms with Crippen molar-refractivity contribution < 1.29 is 14.6 Å². The minimum Gasteiger partial charge on any atom is -0.490 e. The standard InChI is InChI=1S/C25H31NO3/c1-17(2)19-12-14-20(15-13-19)24(5,6)25(7,26-23(27)28)16-29-22-11-9-8-10-21(22)18(3)4/h8-15,26H,1,3,16H2,2,4-7H3,(H,27,28). The Labute approximate surface area is 173 Å². The Morgan fingerprint density at radius 1 is 1.00 bits per heavy atom. The van der Waals surface area contributed by atoms with Crippen molar-refractivity contribution in [2.75, 3.05) is 6.61 Å². The molecule has 4 nitrogen and oxygen atoms in total. The molecule has 2 aromatic carbocycles. The van der Waals surface area contributed by atoms with Crippen molar-refractivity contribution in [1.82, 2.24) is 5.32 Å². The number of allylic oxidation sites excluding steroid dienone is 2. The smallest absolute Gasteiger partial charge is 0.405 e. The second kappa shape index (κ2) is 8.56. The molecule has 0 aliphatic heterocycles. The van der Waals surface area contributed by atoms with Crippen molar-refractivity contribution in [3.8, 4) is 5.75 Å². The van der Waals surface area contributed by atoms with Crippen LogP contribution in [0.15, 0.2) is 61.7 Å². The number of nitrogens with one attached hydrogen (secondary N) is 1. The maximum absolute atomic E-state index is 11.6. The predicted molar refractivity (Wildman–Crippen MR) is 120 cm³/mol. The highest BCUT2D eigenvalue weighted by Gasteiger charge is 2.44. The first kappa shape index (κ1) is 22.3. The molecule has 4 heteroatoms. The van der Waals surface area contributed by atoms with Crippen LogP contribution in [0.4, 0.5) is 4.79 Å². The molecule has 1 atom stereocenters. The minimum atomic E-state index is -1.09. The van der Waals surface area contributed by atoms with Crippen LogP contribution in [0, 0.1) is 0 Å². The summed E-state index contributed by atoms with van der Waals surface area (Å²) in [5, 5.41) is 12.2. The first-order valence-corrected chi connectivity index (χ1v) is 9.63. The summed E-state index contributed by atoms with van der Waals surface area (Å²) in [6.07, 6.45) is -1.09. The van der Waals surface area contributed by atoms with Gasteiger partial charge in [-0.15, -0.1) is 0 Å². The van der Waals surface area contributed by atoms with Crippen molar-refractivity contribution in [3.63, 3.8) is 0 Å². The summed E-state index contributed by atoms with van der Waals surface area (Å²) in [7, 11) is 0. The first-order valence-electron chi connectivity index (χ1n) is 9.63. The molecule has 0 heterocycles. The molecule has 0 bridgehead atoms. The number of amides is 1. The van der Waals surface area contributed by atoms with Gasteiger partial charge < -0.3 is 15.2 Å². The number of carboxylic acid groups (broad SMARTS) is 1. The van der Waals surface area contributed by atoms with Gasteiger partial charge >= 0.3 is 6.09 Å². The molecular formula is C25H31NO3. The lowest BCUT2D eigenvalue weighted by Gasteiger charge is -2.44. The van der Waals surface area contributed by atoms with E-state index in [1.54, 1.807) is 0 Å². The van der Waals surface area contributed by atoms with Crippen molar-refractivity contribution in [1.29, 1.82) is 0 Å². The molecule has 2 aromatic rings. The van der Waals surface area contributed by atoms with Gasteiger partial charge in [0, 0.05) is 11.0 Å². The quantitative estimate of drug-likeness (QED) is 0.567. The van der Waals surface area contributed by atoms with Crippen LogP contribution in [0.25, 0.3) is 11.1 Å². The number of carbonyl (C=O) groups is 1. The van der Waals surface area contributed by atoms with Gasteiger partial charge in [-0.2, -0.15) is 0 Å². The Hall–Kier alpha value is -3.01. The van der Waals surface area contributed by atoms with E-state index >= 15 is 0 Å². The van der Waals surface area contributed by atoms with E-state index in [0.717, 1.165) is 27.8 Å². The lowest BCUT2D eigenvalue weighted by molar-refractivity contribution is 0.112. The highest BCUT2D eigenvalue weighted by molar-refractivity contribution is 5.68. The lowest BCUT2D eigenvalue weighted by atomic mass is 9.69. The number of benzene rings is 2. The molecule has 0 aromatic heterocycles. The van der Waals surface area contributed by atoms with E-state index in [0.29, 0.717) is 5.75 Å². The van der Waals surface area contributed by atoms with E-state index in [-0.39, 0.29) is 6.61 Å². The van der Waals surface area contributed by atoms with Crippen molar-refractivity contribution >= 4 is 17.2 Å². The molecule has 154 valence electrons. The normalized spacial score (nSPS) is 13.3. The number of para-hydroxylation sites is 1. The maximum atomic E-state index is 11.6. The van der Waals surface area contributed by atoms with E-state index in [4.69, 9.17) is 4.74 Å². The van der Waals surface area contributed by atoms with Crippen molar-refractivity contribution in [2.24, 2.45) is 0 Å². The first-order chi connectivity index (χ1) is 13.5. The van der Waals surface area contributed by atoms with Crippen LogP contribution in [0.5, 0.6) is 5.75 Å². The molecule has 1 unspecified atom stereocenters. The summed E-state index contributed by atoms with van der Waals surface area (Å²) in [4.78, 5) is 11.6. The zero-order valence-electron chi connectivity index (χ0n) is 18.0. The molecular weight excluding hydrogens is 362 g/mol. The molecule has 0 saturated carbocycles. The Balaban J connectivity index is 2.39. The Morgan fingerprint density at radius 3 is 2.10 bits per heavy atom. The van der Waals surface area contributed by atoms with Gasteiger partial charge in [0.1, 0.15) is 12.4 Å². The minimum absolute atomic E-state index is 0.166. The van der Waals surface area contributed by atoms with E-state index in [1.807, 2.05) is 83.1 Å².